The normalized spacial score (nSPS) is 16.5. The molecule has 1 aliphatic rings. The SMILES string of the molecule is O=C(c1cccc(-c2ccc(OC(F)(F)F)cc2)c1)N1CCC(c2cccnc2)C1. The number of rotatable bonds is 4. The minimum Gasteiger partial charge on any atom is -0.406 e. The van der Waals surface area contributed by atoms with Crippen LogP contribution in [-0.4, -0.2) is 35.2 Å². The van der Waals surface area contributed by atoms with Gasteiger partial charge in [0.2, 0.25) is 0 Å². The number of aromatic nitrogens is 1. The minimum atomic E-state index is -4.72. The van der Waals surface area contributed by atoms with Gasteiger partial charge in [-0.3, -0.25) is 9.78 Å². The molecule has 4 rings (SSSR count). The van der Waals surface area contributed by atoms with Crippen LogP contribution in [0.4, 0.5) is 13.2 Å². The van der Waals surface area contributed by atoms with Crippen LogP contribution in [0.1, 0.15) is 28.3 Å². The molecule has 1 fully saturated rings. The smallest absolute Gasteiger partial charge is 0.406 e. The number of alkyl halides is 3. The number of carbonyl (C=O) groups is 1. The summed E-state index contributed by atoms with van der Waals surface area (Å²) in [5.74, 6) is -0.0655. The van der Waals surface area contributed by atoms with Crippen molar-refractivity contribution in [1.29, 1.82) is 0 Å². The van der Waals surface area contributed by atoms with Gasteiger partial charge in [-0.05, 0) is 53.4 Å². The summed E-state index contributed by atoms with van der Waals surface area (Å²) in [5.41, 5.74) is 3.13. The second kappa shape index (κ2) is 8.18. The van der Waals surface area contributed by atoms with Gasteiger partial charge >= 0.3 is 6.36 Å². The van der Waals surface area contributed by atoms with E-state index in [9.17, 15) is 18.0 Å². The van der Waals surface area contributed by atoms with Gasteiger partial charge in [-0.25, -0.2) is 0 Å². The molecule has 4 nitrogen and oxygen atoms in total. The van der Waals surface area contributed by atoms with Crippen molar-refractivity contribution >= 4 is 5.91 Å². The van der Waals surface area contributed by atoms with E-state index in [0.29, 0.717) is 24.2 Å². The van der Waals surface area contributed by atoms with Crippen LogP contribution in [0.25, 0.3) is 11.1 Å². The zero-order chi connectivity index (χ0) is 21.1. The summed E-state index contributed by atoms with van der Waals surface area (Å²) in [7, 11) is 0. The van der Waals surface area contributed by atoms with E-state index < -0.39 is 6.36 Å². The quantitative estimate of drug-likeness (QED) is 0.586. The van der Waals surface area contributed by atoms with Gasteiger partial charge in [-0.15, -0.1) is 13.2 Å². The Kier molecular flexibility index (Phi) is 5.44. The number of amides is 1. The Bertz CT molecular complexity index is 1020. The molecule has 1 aliphatic heterocycles. The third kappa shape index (κ3) is 4.62. The van der Waals surface area contributed by atoms with Crippen molar-refractivity contribution in [3.8, 4) is 16.9 Å². The zero-order valence-electron chi connectivity index (χ0n) is 16.0. The highest BCUT2D eigenvalue weighted by Gasteiger charge is 2.31. The molecule has 0 N–H and O–H groups in total. The molecule has 0 spiro atoms. The third-order valence-corrected chi connectivity index (χ3v) is 5.16. The number of nitrogens with zero attached hydrogens (tertiary/aromatic N) is 2. The highest BCUT2D eigenvalue weighted by Crippen LogP contribution is 2.30. The Hall–Kier alpha value is -3.35. The molecule has 7 heteroatoms. The Balaban J connectivity index is 1.47. The van der Waals surface area contributed by atoms with Crippen molar-refractivity contribution in [1.82, 2.24) is 9.88 Å². The van der Waals surface area contributed by atoms with Crippen LogP contribution in [0.3, 0.4) is 0 Å². The molecule has 0 radical (unpaired) electrons. The molecule has 1 atom stereocenters. The minimum absolute atomic E-state index is 0.0553. The topological polar surface area (TPSA) is 42.4 Å². The fourth-order valence-corrected chi connectivity index (χ4v) is 3.70. The fraction of sp³-hybridized carbons (Fsp3) is 0.217. The Morgan fingerprint density at radius 1 is 1.03 bits per heavy atom. The van der Waals surface area contributed by atoms with Gasteiger partial charge in [-0.2, -0.15) is 0 Å². The van der Waals surface area contributed by atoms with E-state index >= 15 is 0 Å². The second-order valence-corrected chi connectivity index (χ2v) is 7.18. The number of hydrogen-bond donors (Lipinski definition) is 0. The van der Waals surface area contributed by atoms with Crippen LogP contribution >= 0.6 is 0 Å². The number of hydrogen-bond acceptors (Lipinski definition) is 3. The summed E-state index contributed by atoms with van der Waals surface area (Å²) in [4.78, 5) is 19.0. The Morgan fingerprint density at radius 2 is 1.83 bits per heavy atom. The average Bonchev–Trinajstić information content (AvgIpc) is 3.24. The van der Waals surface area contributed by atoms with Crippen LogP contribution in [0.15, 0.2) is 73.1 Å². The summed E-state index contributed by atoms with van der Waals surface area (Å²) in [6, 6.07) is 16.6. The summed E-state index contributed by atoms with van der Waals surface area (Å²) >= 11 is 0. The molecule has 1 amide bonds. The highest BCUT2D eigenvalue weighted by atomic mass is 19.4. The molecule has 30 heavy (non-hydrogen) atoms. The number of halogens is 3. The first kappa shape index (κ1) is 19.9. The summed E-state index contributed by atoms with van der Waals surface area (Å²) < 4.78 is 40.9. The van der Waals surface area contributed by atoms with Crippen molar-refractivity contribution in [2.45, 2.75) is 18.7 Å². The molecular weight excluding hydrogens is 393 g/mol. The standard InChI is InChI=1S/C23H19F3N2O2/c24-23(25,26)30-21-8-6-16(7-9-21)17-3-1-4-18(13-17)22(29)28-12-10-20(15-28)19-5-2-11-27-14-19/h1-9,11,13-14,20H,10,12,15H2. The van der Waals surface area contributed by atoms with Gasteiger partial charge in [-0.1, -0.05) is 30.3 Å². The first-order valence-electron chi connectivity index (χ1n) is 9.54. The van der Waals surface area contributed by atoms with Gasteiger partial charge in [0.15, 0.2) is 0 Å². The van der Waals surface area contributed by atoms with Crippen LogP contribution in [0.5, 0.6) is 5.75 Å². The van der Waals surface area contributed by atoms with Gasteiger partial charge in [0.1, 0.15) is 5.75 Å². The molecule has 3 aromatic rings. The van der Waals surface area contributed by atoms with E-state index in [1.807, 2.05) is 29.3 Å². The zero-order valence-corrected chi connectivity index (χ0v) is 16.0. The van der Waals surface area contributed by atoms with Crippen molar-refractivity contribution in [2.24, 2.45) is 0 Å². The van der Waals surface area contributed by atoms with Crippen molar-refractivity contribution in [3.63, 3.8) is 0 Å². The number of pyridine rings is 1. The van der Waals surface area contributed by atoms with E-state index in [1.54, 1.807) is 36.5 Å². The van der Waals surface area contributed by atoms with Crippen LogP contribution in [-0.2, 0) is 0 Å². The molecule has 1 aromatic heterocycles. The van der Waals surface area contributed by atoms with Crippen molar-refractivity contribution < 1.29 is 22.7 Å². The van der Waals surface area contributed by atoms with Crippen LogP contribution in [0, 0.1) is 0 Å². The molecule has 2 heterocycles. The molecule has 0 bridgehead atoms. The highest BCUT2D eigenvalue weighted by molar-refractivity contribution is 5.95. The van der Waals surface area contributed by atoms with Crippen LogP contribution in [0.2, 0.25) is 0 Å². The van der Waals surface area contributed by atoms with Gasteiger partial charge in [0.05, 0.1) is 0 Å². The van der Waals surface area contributed by atoms with Crippen molar-refractivity contribution in [2.75, 3.05) is 13.1 Å². The number of ether oxygens (including phenoxy) is 1. The van der Waals surface area contributed by atoms with Gasteiger partial charge in [0, 0.05) is 37.0 Å². The number of likely N-dealkylation sites (tertiary alicyclic amines) is 1. The van der Waals surface area contributed by atoms with E-state index in [1.165, 1.54) is 12.1 Å². The maximum absolute atomic E-state index is 13.0. The maximum atomic E-state index is 13.0. The Labute approximate surface area is 171 Å². The lowest BCUT2D eigenvalue weighted by Gasteiger charge is -2.17. The van der Waals surface area contributed by atoms with Gasteiger partial charge < -0.3 is 9.64 Å². The molecule has 154 valence electrons. The second-order valence-electron chi connectivity index (χ2n) is 7.18. The summed E-state index contributed by atoms with van der Waals surface area (Å²) in [6.07, 6.45) is -0.269. The maximum Gasteiger partial charge on any atom is 0.573 e. The molecule has 1 saturated heterocycles. The monoisotopic (exact) mass is 412 g/mol. The predicted octanol–water partition coefficient (Wildman–Crippen LogP) is 5.28. The van der Waals surface area contributed by atoms with E-state index in [2.05, 4.69) is 9.72 Å². The molecule has 1 unspecified atom stereocenters. The number of carbonyl (C=O) groups excluding carboxylic acids is 1. The first-order chi connectivity index (χ1) is 14.4. The van der Waals surface area contributed by atoms with Crippen LogP contribution < -0.4 is 4.74 Å². The molecule has 2 aromatic carbocycles. The van der Waals surface area contributed by atoms with E-state index in [0.717, 1.165) is 17.5 Å². The summed E-state index contributed by atoms with van der Waals surface area (Å²) in [6.45, 7) is 1.31. The number of benzene rings is 2. The molecular formula is C23H19F3N2O2. The average molecular weight is 412 g/mol. The largest absolute Gasteiger partial charge is 0.573 e. The molecule has 0 aliphatic carbocycles. The van der Waals surface area contributed by atoms with E-state index in [4.69, 9.17) is 0 Å². The lowest BCUT2D eigenvalue weighted by molar-refractivity contribution is -0.274. The summed E-state index contributed by atoms with van der Waals surface area (Å²) in [5, 5.41) is 0. The predicted molar refractivity (Wildman–Crippen MR) is 106 cm³/mol. The first-order valence-corrected chi connectivity index (χ1v) is 9.54. The Morgan fingerprint density at radius 3 is 2.53 bits per heavy atom. The third-order valence-electron chi connectivity index (χ3n) is 5.16. The lowest BCUT2D eigenvalue weighted by atomic mass is 10.0. The van der Waals surface area contributed by atoms with Crippen molar-refractivity contribution in [3.05, 3.63) is 84.2 Å². The fourth-order valence-electron chi connectivity index (χ4n) is 3.70. The molecule has 0 saturated carbocycles. The van der Waals surface area contributed by atoms with Gasteiger partial charge in [0.25, 0.3) is 5.91 Å². The van der Waals surface area contributed by atoms with E-state index in [-0.39, 0.29) is 17.6 Å². The lowest BCUT2D eigenvalue weighted by Crippen LogP contribution is -2.28.